The topological polar surface area (TPSA) is 0 Å². The van der Waals surface area contributed by atoms with E-state index in [0.717, 1.165) is 12.8 Å². The molecule has 0 spiro atoms. The zero-order valence-corrected chi connectivity index (χ0v) is 11.5. The molecule has 1 radical (unpaired) electrons. The molecule has 14 heavy (non-hydrogen) atoms. The van der Waals surface area contributed by atoms with Gasteiger partial charge in [0.25, 0.3) is 0 Å². The molecule has 2 rings (SSSR count). The van der Waals surface area contributed by atoms with E-state index < -0.39 is 0 Å². The van der Waals surface area contributed by atoms with Crippen LogP contribution in [0.15, 0.2) is 49.1 Å². The van der Waals surface area contributed by atoms with Crippen LogP contribution in [0.3, 0.4) is 0 Å². The first kappa shape index (κ1) is 15.8. The molecule has 75 valence electrons. The summed E-state index contributed by atoms with van der Waals surface area (Å²) in [6.07, 6.45) is 21.5. The Labute approximate surface area is 103 Å². The average Bonchev–Trinajstić information content (AvgIpc) is 2.85. The van der Waals surface area contributed by atoms with Crippen molar-refractivity contribution in [2.24, 2.45) is 0 Å². The first-order valence-corrected chi connectivity index (χ1v) is 4.25. The van der Waals surface area contributed by atoms with Crippen LogP contribution >= 0.6 is 0 Å². The van der Waals surface area contributed by atoms with Crippen LogP contribution in [0.4, 0.5) is 0 Å². The van der Waals surface area contributed by atoms with Crippen molar-refractivity contribution in [3.05, 3.63) is 68.2 Å². The second-order valence-corrected chi connectivity index (χ2v) is 2.29. The molecule has 0 unspecified atom stereocenters. The van der Waals surface area contributed by atoms with Gasteiger partial charge in [-0.2, -0.15) is 12.2 Å². The van der Waals surface area contributed by atoms with Crippen LogP contribution in [0.2, 0.25) is 0 Å². The smallest absolute Gasteiger partial charge is 0 e. The quantitative estimate of drug-likeness (QED) is 0.585. The van der Waals surface area contributed by atoms with Gasteiger partial charge < -0.3 is 0 Å². The van der Waals surface area contributed by atoms with Gasteiger partial charge in [0.05, 0.1) is 0 Å². The van der Waals surface area contributed by atoms with Gasteiger partial charge in [-0.15, -0.1) is 12.8 Å². The predicted molar refractivity (Wildman–Crippen MR) is 58.7 cm³/mol. The number of hydrogen-bond acceptors (Lipinski definition) is 0. The zero-order valence-electron chi connectivity index (χ0n) is 8.32. The zero-order chi connectivity index (χ0) is 9.78. The van der Waals surface area contributed by atoms with Crippen molar-refractivity contribution in [3.8, 4) is 0 Å². The van der Waals surface area contributed by atoms with Gasteiger partial charge in [-0.3, -0.25) is 12.2 Å². The SMILES string of the molecule is C=C[CH2-].[C-]1=CC=CC1.[C-]1=CC=CC1.[Ta]. The van der Waals surface area contributed by atoms with Gasteiger partial charge in [0.2, 0.25) is 0 Å². The Morgan fingerprint density at radius 1 is 1.07 bits per heavy atom. The summed E-state index contributed by atoms with van der Waals surface area (Å²) < 4.78 is 0. The molecule has 0 nitrogen and oxygen atoms in total. The summed E-state index contributed by atoms with van der Waals surface area (Å²) in [6, 6.07) is 0. The maximum absolute atomic E-state index is 3.25. The summed E-state index contributed by atoms with van der Waals surface area (Å²) >= 11 is 0. The monoisotopic (exact) mass is 352 g/mol. The molecule has 2 aliphatic rings. The van der Waals surface area contributed by atoms with Gasteiger partial charge in [0.15, 0.2) is 0 Å². The molecule has 0 heterocycles. The largest absolute Gasteiger partial charge is 0.273 e. The second kappa shape index (κ2) is 14.8. The summed E-state index contributed by atoms with van der Waals surface area (Å²) in [6.45, 7) is 6.50. The third-order valence-electron chi connectivity index (χ3n) is 1.17. The van der Waals surface area contributed by atoms with Gasteiger partial charge in [-0.1, -0.05) is 0 Å². The van der Waals surface area contributed by atoms with Crippen molar-refractivity contribution in [2.75, 3.05) is 0 Å². The summed E-state index contributed by atoms with van der Waals surface area (Å²) in [5.41, 5.74) is 0. The molecule has 0 aromatic rings. The van der Waals surface area contributed by atoms with Crippen LogP contribution in [0, 0.1) is 19.1 Å². The molecule has 0 aromatic carbocycles. The van der Waals surface area contributed by atoms with E-state index in [0.29, 0.717) is 0 Å². The molecule has 0 fully saturated rings. The van der Waals surface area contributed by atoms with E-state index in [1.165, 1.54) is 6.08 Å². The normalized spacial score (nSPS) is 13.4. The van der Waals surface area contributed by atoms with E-state index >= 15 is 0 Å². The molecule has 0 aliphatic heterocycles. The summed E-state index contributed by atoms with van der Waals surface area (Å²) in [7, 11) is 0. The maximum Gasteiger partial charge on any atom is 0 e. The van der Waals surface area contributed by atoms with E-state index in [1.54, 1.807) is 0 Å². The van der Waals surface area contributed by atoms with Crippen LogP contribution < -0.4 is 0 Å². The van der Waals surface area contributed by atoms with Gasteiger partial charge in [-0.05, 0) is 0 Å². The van der Waals surface area contributed by atoms with Gasteiger partial charge in [0, 0.05) is 22.4 Å². The molecular weight excluding hydrogens is 337 g/mol. The number of allylic oxidation sites excluding steroid dienone is 9. The minimum absolute atomic E-state index is 0. The maximum atomic E-state index is 3.25. The standard InChI is InChI=1S/2C5H5.C3H5.Ta/c2*1-2-4-5-3-1;1-3-2;/h2*1-3H,4H2;3H,1-2H2;/q3*-1;. The Balaban J connectivity index is 0. The van der Waals surface area contributed by atoms with Crippen LogP contribution in [0.5, 0.6) is 0 Å². The minimum Gasteiger partial charge on any atom is -0.273 e. The predicted octanol–water partition coefficient (Wildman–Crippen LogP) is 3.62. The van der Waals surface area contributed by atoms with Gasteiger partial charge in [-0.25, -0.2) is 43.9 Å². The fourth-order valence-corrected chi connectivity index (χ4v) is 0.680. The van der Waals surface area contributed by atoms with E-state index in [-0.39, 0.29) is 22.4 Å². The van der Waals surface area contributed by atoms with Crippen molar-refractivity contribution in [2.45, 2.75) is 12.8 Å². The van der Waals surface area contributed by atoms with Crippen molar-refractivity contribution in [3.63, 3.8) is 0 Å². The van der Waals surface area contributed by atoms with Crippen molar-refractivity contribution in [1.29, 1.82) is 0 Å². The minimum atomic E-state index is 0. The van der Waals surface area contributed by atoms with Crippen LogP contribution in [0.1, 0.15) is 12.8 Å². The average molecular weight is 352 g/mol. The second-order valence-electron chi connectivity index (χ2n) is 2.29. The van der Waals surface area contributed by atoms with E-state index in [4.69, 9.17) is 0 Å². The van der Waals surface area contributed by atoms with Gasteiger partial charge >= 0.3 is 0 Å². The molecule has 1 heteroatoms. The van der Waals surface area contributed by atoms with E-state index in [2.05, 4.69) is 37.8 Å². The molecular formula is C13H15Ta-3. The fraction of sp³-hybridized carbons (Fsp3) is 0.154. The Morgan fingerprint density at radius 2 is 1.43 bits per heavy atom. The van der Waals surface area contributed by atoms with Crippen LogP contribution in [-0.2, 0) is 22.4 Å². The molecule has 0 saturated heterocycles. The molecule has 0 aromatic heterocycles. The van der Waals surface area contributed by atoms with E-state index in [1.807, 2.05) is 24.3 Å². The van der Waals surface area contributed by atoms with E-state index in [9.17, 15) is 0 Å². The number of rotatable bonds is 0. The molecule has 0 N–H and O–H groups in total. The number of hydrogen-bond donors (Lipinski definition) is 0. The Kier molecular flexibility index (Phi) is 16.7. The summed E-state index contributed by atoms with van der Waals surface area (Å²) in [5.74, 6) is 0. The molecule has 0 bridgehead atoms. The Hall–Kier alpha value is -0.690. The third-order valence-corrected chi connectivity index (χ3v) is 1.17. The van der Waals surface area contributed by atoms with Crippen molar-refractivity contribution >= 4 is 0 Å². The first-order chi connectivity index (χ1) is 6.41. The van der Waals surface area contributed by atoms with Crippen LogP contribution in [-0.4, -0.2) is 0 Å². The van der Waals surface area contributed by atoms with Crippen molar-refractivity contribution < 1.29 is 22.4 Å². The molecule has 0 amide bonds. The molecule has 0 saturated carbocycles. The molecule has 0 atom stereocenters. The Bertz CT molecular complexity index is 177. The van der Waals surface area contributed by atoms with Crippen molar-refractivity contribution in [1.82, 2.24) is 0 Å². The molecule has 2 aliphatic carbocycles. The summed E-state index contributed by atoms with van der Waals surface area (Å²) in [5, 5.41) is 0. The fourth-order valence-electron chi connectivity index (χ4n) is 0.680. The van der Waals surface area contributed by atoms with Gasteiger partial charge in [0.1, 0.15) is 0 Å². The summed E-state index contributed by atoms with van der Waals surface area (Å²) in [4.78, 5) is 0. The first-order valence-electron chi connectivity index (χ1n) is 4.25. The van der Waals surface area contributed by atoms with Crippen LogP contribution in [0.25, 0.3) is 0 Å². The Morgan fingerprint density at radius 3 is 1.50 bits per heavy atom. The third kappa shape index (κ3) is 13.9.